The Morgan fingerprint density at radius 2 is 1.50 bits per heavy atom. The monoisotopic (exact) mass is 343 g/mol. The molecule has 24 heavy (non-hydrogen) atoms. The molecule has 0 spiro atoms. The number of carbonyl (C=O) groups excluding carboxylic acids is 3. The fourth-order valence-corrected chi connectivity index (χ4v) is 2.55. The van der Waals surface area contributed by atoms with Gasteiger partial charge in [0.2, 0.25) is 0 Å². The quantitative estimate of drug-likeness (QED) is 0.579. The van der Waals surface area contributed by atoms with Crippen LogP contribution < -0.4 is 0 Å². The van der Waals surface area contributed by atoms with Crippen LogP contribution in [0, 0.1) is 0 Å². The fourth-order valence-electron chi connectivity index (χ4n) is 2.55. The topological polar surface area (TPSA) is 82.1 Å². The van der Waals surface area contributed by atoms with Crippen molar-refractivity contribution >= 4 is 18.0 Å². The van der Waals surface area contributed by atoms with Gasteiger partial charge in [0.15, 0.2) is 0 Å². The third-order valence-electron chi connectivity index (χ3n) is 3.42. The molecule has 1 fully saturated rings. The van der Waals surface area contributed by atoms with Crippen molar-refractivity contribution in [3.63, 3.8) is 0 Å². The fraction of sp³-hybridized carbons (Fsp3) is 0.824. The predicted octanol–water partition coefficient (Wildman–Crippen LogP) is 2.66. The van der Waals surface area contributed by atoms with Crippen molar-refractivity contribution in [3.8, 4) is 0 Å². The Morgan fingerprint density at radius 1 is 0.958 bits per heavy atom. The highest BCUT2D eigenvalue weighted by Crippen LogP contribution is 2.30. The molecule has 0 aliphatic carbocycles. The van der Waals surface area contributed by atoms with Gasteiger partial charge in [-0.1, -0.05) is 0 Å². The molecule has 0 bridgehead atoms. The van der Waals surface area contributed by atoms with Gasteiger partial charge in [-0.15, -0.1) is 0 Å². The molecule has 2 atom stereocenters. The van der Waals surface area contributed by atoms with Crippen LogP contribution in [0.2, 0.25) is 0 Å². The number of nitrogens with zero attached hydrogens (tertiary/aromatic N) is 1. The summed E-state index contributed by atoms with van der Waals surface area (Å²) in [6.45, 7) is 10.5. The lowest BCUT2D eigenvalue weighted by atomic mass is 10.1. The van der Waals surface area contributed by atoms with E-state index in [1.54, 1.807) is 41.5 Å². The number of ether oxygens (including phenoxy) is 3. The summed E-state index contributed by atoms with van der Waals surface area (Å²) in [5, 5.41) is 0. The summed E-state index contributed by atoms with van der Waals surface area (Å²) in [6.07, 6.45) is 0.341. The molecule has 0 N–H and O–H groups in total. The second kappa shape index (κ2) is 7.40. The van der Waals surface area contributed by atoms with E-state index in [4.69, 9.17) is 9.47 Å². The second-order valence-electron chi connectivity index (χ2n) is 7.95. The van der Waals surface area contributed by atoms with Gasteiger partial charge in [0.1, 0.15) is 17.2 Å². The summed E-state index contributed by atoms with van der Waals surface area (Å²) in [6, 6.07) is -1.20. The molecule has 1 saturated heterocycles. The molecule has 7 nitrogen and oxygen atoms in total. The summed E-state index contributed by atoms with van der Waals surface area (Å²) < 4.78 is 15.5. The minimum Gasteiger partial charge on any atom is -0.469 e. The van der Waals surface area contributed by atoms with Crippen LogP contribution in [0.1, 0.15) is 60.8 Å². The minimum atomic E-state index is -0.756. The largest absolute Gasteiger partial charge is 0.469 e. The van der Waals surface area contributed by atoms with Gasteiger partial charge in [-0.2, -0.15) is 0 Å². The first-order chi connectivity index (χ1) is 10.8. The number of esters is 2. The molecule has 0 saturated carbocycles. The third-order valence-corrected chi connectivity index (χ3v) is 3.42. The zero-order valence-electron chi connectivity index (χ0n) is 15.7. The van der Waals surface area contributed by atoms with Crippen LogP contribution >= 0.6 is 0 Å². The zero-order valence-corrected chi connectivity index (χ0v) is 15.7. The van der Waals surface area contributed by atoms with Crippen LogP contribution in [-0.2, 0) is 23.8 Å². The predicted molar refractivity (Wildman–Crippen MR) is 87.4 cm³/mol. The Bertz CT molecular complexity index is 488. The minimum absolute atomic E-state index is 0.0229. The zero-order chi connectivity index (χ0) is 18.7. The molecule has 1 aliphatic heterocycles. The molecule has 0 radical (unpaired) electrons. The van der Waals surface area contributed by atoms with Crippen molar-refractivity contribution in [2.75, 3.05) is 7.11 Å². The van der Waals surface area contributed by atoms with Crippen LogP contribution in [0.25, 0.3) is 0 Å². The molecule has 7 heteroatoms. The molecular weight excluding hydrogens is 314 g/mol. The first-order valence-electron chi connectivity index (χ1n) is 8.15. The number of hydrogen-bond acceptors (Lipinski definition) is 6. The molecule has 0 aromatic carbocycles. The molecule has 1 amide bonds. The van der Waals surface area contributed by atoms with E-state index < -0.39 is 41.3 Å². The van der Waals surface area contributed by atoms with Crippen molar-refractivity contribution in [2.45, 2.75) is 84.1 Å². The second-order valence-corrected chi connectivity index (χ2v) is 7.95. The van der Waals surface area contributed by atoms with Gasteiger partial charge in [0.25, 0.3) is 0 Å². The molecule has 1 rings (SSSR count). The normalized spacial score (nSPS) is 21.4. The van der Waals surface area contributed by atoms with Gasteiger partial charge < -0.3 is 14.2 Å². The summed E-state index contributed by atoms with van der Waals surface area (Å²) in [5.74, 6) is -0.917. The van der Waals surface area contributed by atoms with E-state index in [9.17, 15) is 14.4 Å². The summed E-state index contributed by atoms with van der Waals surface area (Å²) in [7, 11) is 1.29. The highest BCUT2D eigenvalue weighted by molar-refractivity contribution is 5.83. The average Bonchev–Trinajstić information content (AvgIpc) is 2.78. The van der Waals surface area contributed by atoms with Gasteiger partial charge in [0, 0.05) is 6.04 Å². The Balaban J connectivity index is 2.99. The van der Waals surface area contributed by atoms with E-state index in [-0.39, 0.29) is 6.42 Å². The number of likely N-dealkylation sites (tertiary alicyclic amines) is 1. The Labute approximate surface area is 143 Å². The lowest BCUT2D eigenvalue weighted by Crippen LogP contribution is -2.49. The lowest BCUT2D eigenvalue weighted by molar-refractivity contribution is -0.161. The van der Waals surface area contributed by atoms with Crippen LogP contribution in [0.4, 0.5) is 4.79 Å². The number of hydrogen-bond donors (Lipinski definition) is 0. The Morgan fingerprint density at radius 3 is 1.96 bits per heavy atom. The van der Waals surface area contributed by atoms with Crippen LogP contribution in [0.5, 0.6) is 0 Å². The van der Waals surface area contributed by atoms with Crippen molar-refractivity contribution in [1.29, 1.82) is 0 Å². The van der Waals surface area contributed by atoms with E-state index in [2.05, 4.69) is 4.74 Å². The van der Waals surface area contributed by atoms with Gasteiger partial charge >= 0.3 is 18.0 Å². The molecule has 1 heterocycles. The number of amides is 1. The smallest absolute Gasteiger partial charge is 0.411 e. The first-order valence-corrected chi connectivity index (χ1v) is 8.15. The van der Waals surface area contributed by atoms with Gasteiger partial charge in [-0.3, -0.25) is 9.69 Å². The first kappa shape index (κ1) is 20.3. The maximum absolute atomic E-state index is 12.6. The van der Waals surface area contributed by atoms with E-state index in [1.165, 1.54) is 12.0 Å². The molecular formula is C17H29NO6. The van der Waals surface area contributed by atoms with Crippen LogP contribution in [0.15, 0.2) is 0 Å². The maximum Gasteiger partial charge on any atom is 0.411 e. The lowest BCUT2D eigenvalue weighted by Gasteiger charge is -2.32. The third kappa shape index (κ3) is 6.02. The van der Waals surface area contributed by atoms with Gasteiger partial charge in [-0.05, 0) is 54.4 Å². The number of carbonyl (C=O) groups is 3. The van der Waals surface area contributed by atoms with Gasteiger partial charge in [-0.25, -0.2) is 9.59 Å². The van der Waals surface area contributed by atoms with Crippen LogP contribution in [-0.4, -0.2) is 53.3 Å². The molecule has 0 aromatic heterocycles. The van der Waals surface area contributed by atoms with Crippen molar-refractivity contribution in [2.24, 2.45) is 0 Å². The maximum atomic E-state index is 12.6. The van der Waals surface area contributed by atoms with Gasteiger partial charge in [0.05, 0.1) is 13.5 Å². The number of methoxy groups -OCH3 is 1. The van der Waals surface area contributed by atoms with E-state index in [0.29, 0.717) is 12.8 Å². The van der Waals surface area contributed by atoms with Crippen molar-refractivity contribution < 1.29 is 28.6 Å². The van der Waals surface area contributed by atoms with Crippen molar-refractivity contribution in [1.82, 2.24) is 4.90 Å². The molecule has 1 aliphatic rings. The number of rotatable bonds is 3. The van der Waals surface area contributed by atoms with E-state index in [0.717, 1.165) is 0 Å². The average molecular weight is 343 g/mol. The van der Waals surface area contributed by atoms with E-state index >= 15 is 0 Å². The molecule has 0 aromatic rings. The molecule has 2 unspecified atom stereocenters. The summed E-state index contributed by atoms with van der Waals surface area (Å²) in [5.41, 5.74) is -1.36. The Kier molecular flexibility index (Phi) is 6.25. The SMILES string of the molecule is COC(=O)CC1CCC(C(=O)OC(C)(C)C)N1C(=O)OC(C)(C)C. The molecule has 138 valence electrons. The highest BCUT2D eigenvalue weighted by Gasteiger charge is 2.45. The van der Waals surface area contributed by atoms with Crippen molar-refractivity contribution in [3.05, 3.63) is 0 Å². The van der Waals surface area contributed by atoms with Crippen LogP contribution in [0.3, 0.4) is 0 Å². The standard InChI is InChI=1S/C17H29NO6/c1-16(2,3)23-14(20)12-9-8-11(10-13(19)22-7)18(12)15(21)24-17(4,5)6/h11-12H,8-10H2,1-7H3. The summed E-state index contributed by atoms with van der Waals surface area (Å²) in [4.78, 5) is 38.0. The van der Waals surface area contributed by atoms with E-state index in [1.807, 2.05) is 0 Å². The highest BCUT2D eigenvalue weighted by atomic mass is 16.6. The Hall–Kier alpha value is -1.79. The summed E-state index contributed by atoms with van der Waals surface area (Å²) >= 11 is 0.